The summed E-state index contributed by atoms with van der Waals surface area (Å²) in [6.45, 7) is 0. The lowest BCUT2D eigenvalue weighted by molar-refractivity contribution is -0.125. The highest BCUT2D eigenvalue weighted by Crippen LogP contribution is 2.45. The molecule has 1 amide bonds. The molecule has 26 heavy (non-hydrogen) atoms. The molecule has 2 aromatic rings. The summed E-state index contributed by atoms with van der Waals surface area (Å²) in [5, 5.41) is 9.07. The van der Waals surface area contributed by atoms with Gasteiger partial charge in [0, 0.05) is 18.9 Å². The van der Waals surface area contributed by atoms with E-state index in [9.17, 15) is 4.79 Å². The molecule has 1 spiro atoms. The molecule has 2 aliphatic carbocycles. The van der Waals surface area contributed by atoms with Crippen LogP contribution in [0.3, 0.4) is 0 Å². The van der Waals surface area contributed by atoms with E-state index in [1.807, 2.05) is 0 Å². The van der Waals surface area contributed by atoms with E-state index in [1.165, 1.54) is 25.4 Å². The largest absolute Gasteiger partial charge is 0.458 e. The van der Waals surface area contributed by atoms with Crippen LogP contribution in [0.15, 0.2) is 12.5 Å². The highest BCUT2D eigenvalue weighted by atomic mass is 16.5. The van der Waals surface area contributed by atoms with Crippen molar-refractivity contribution in [2.75, 3.05) is 16.0 Å². The van der Waals surface area contributed by atoms with Crippen LogP contribution >= 0.6 is 0 Å². The average molecular weight is 354 g/mol. The Morgan fingerprint density at radius 3 is 2.73 bits per heavy atom. The molecule has 3 aliphatic rings. The number of nitrogens with zero attached hydrogens (tertiary/aromatic N) is 5. The van der Waals surface area contributed by atoms with Crippen LogP contribution in [0.1, 0.15) is 38.5 Å². The van der Waals surface area contributed by atoms with Gasteiger partial charge in [0.1, 0.15) is 6.33 Å². The summed E-state index contributed by atoms with van der Waals surface area (Å²) in [6, 6.07) is 0.413. The molecule has 0 unspecified atom stereocenters. The summed E-state index contributed by atoms with van der Waals surface area (Å²) in [7, 11) is 0. The quantitative estimate of drug-likeness (QED) is 0.750. The number of rotatable bonds is 4. The van der Waals surface area contributed by atoms with E-state index in [0.717, 1.165) is 12.8 Å². The fraction of sp³-hybridized carbons (Fsp3) is 0.500. The van der Waals surface area contributed by atoms with Crippen molar-refractivity contribution in [2.24, 2.45) is 0 Å². The minimum atomic E-state index is -0.731. The lowest BCUT2D eigenvalue weighted by Crippen LogP contribution is -2.39. The van der Waals surface area contributed by atoms with Crippen LogP contribution in [-0.4, -0.2) is 42.5 Å². The van der Waals surface area contributed by atoms with Crippen LogP contribution in [0.4, 0.5) is 23.5 Å². The number of fused-ring (bicyclic) bond motifs is 1. The molecule has 134 valence electrons. The third-order valence-corrected chi connectivity index (χ3v) is 4.88. The van der Waals surface area contributed by atoms with E-state index in [4.69, 9.17) is 4.74 Å². The molecule has 0 saturated heterocycles. The fourth-order valence-electron chi connectivity index (χ4n) is 3.28. The molecule has 1 aliphatic heterocycles. The number of ether oxygens (including phenoxy) is 1. The maximum atomic E-state index is 12.1. The van der Waals surface area contributed by atoms with Crippen LogP contribution in [0, 0.1) is 0 Å². The zero-order valence-corrected chi connectivity index (χ0v) is 14.0. The van der Waals surface area contributed by atoms with Crippen molar-refractivity contribution in [3.05, 3.63) is 12.5 Å². The van der Waals surface area contributed by atoms with Crippen molar-refractivity contribution in [1.29, 1.82) is 0 Å². The second-order valence-electron chi connectivity index (χ2n) is 6.84. The first kappa shape index (κ1) is 15.2. The lowest BCUT2D eigenvalue weighted by atomic mass is 10.3. The fourth-order valence-corrected chi connectivity index (χ4v) is 3.28. The summed E-state index contributed by atoms with van der Waals surface area (Å²) in [5.74, 6) is 1.78. The minimum Gasteiger partial charge on any atom is -0.458 e. The number of carbonyl (C=O) groups is 1. The van der Waals surface area contributed by atoms with Gasteiger partial charge in [0.25, 0.3) is 11.8 Å². The van der Waals surface area contributed by atoms with E-state index >= 15 is 0 Å². The van der Waals surface area contributed by atoms with Gasteiger partial charge in [-0.1, -0.05) is 12.8 Å². The zero-order valence-electron chi connectivity index (χ0n) is 14.0. The van der Waals surface area contributed by atoms with Crippen molar-refractivity contribution in [2.45, 2.75) is 50.2 Å². The third kappa shape index (κ3) is 2.76. The topological polar surface area (TPSA) is 127 Å². The maximum Gasteiger partial charge on any atom is 0.269 e. The standard InChI is InChI=1S/C16H18N8O2/c25-13-16(5-6-16)26-12-11(23-13)21-10(7-17-12)22-15-19-8-18-14(24-15)20-9-3-1-2-4-9/h7-9H,1-6H2,(H3,18,19,20,21,22,23,24,25). The van der Waals surface area contributed by atoms with Gasteiger partial charge >= 0.3 is 0 Å². The number of carbonyl (C=O) groups excluding carboxylic acids is 1. The number of hydrogen-bond acceptors (Lipinski definition) is 9. The van der Waals surface area contributed by atoms with Crippen LogP contribution in [0.5, 0.6) is 5.88 Å². The third-order valence-electron chi connectivity index (χ3n) is 4.88. The molecule has 10 nitrogen and oxygen atoms in total. The molecule has 2 fully saturated rings. The van der Waals surface area contributed by atoms with Gasteiger partial charge in [-0.2, -0.15) is 4.98 Å². The Balaban J connectivity index is 1.32. The number of hydrogen-bond donors (Lipinski definition) is 3. The smallest absolute Gasteiger partial charge is 0.269 e. The molecule has 2 aromatic heterocycles. The number of amides is 1. The maximum absolute atomic E-state index is 12.1. The van der Waals surface area contributed by atoms with E-state index in [2.05, 4.69) is 40.9 Å². The predicted molar refractivity (Wildman–Crippen MR) is 92.2 cm³/mol. The van der Waals surface area contributed by atoms with E-state index < -0.39 is 5.60 Å². The molecule has 3 heterocycles. The highest BCUT2D eigenvalue weighted by Gasteiger charge is 2.56. The van der Waals surface area contributed by atoms with Gasteiger partial charge in [0.2, 0.25) is 11.9 Å². The summed E-state index contributed by atoms with van der Waals surface area (Å²) in [6.07, 6.45) is 9.11. The van der Waals surface area contributed by atoms with Crippen LogP contribution in [-0.2, 0) is 4.79 Å². The Hall–Kier alpha value is -3.04. The van der Waals surface area contributed by atoms with Crippen LogP contribution in [0.25, 0.3) is 0 Å². The Bertz CT molecular complexity index is 863. The molecule has 2 saturated carbocycles. The van der Waals surface area contributed by atoms with E-state index in [0.29, 0.717) is 48.3 Å². The van der Waals surface area contributed by atoms with E-state index in [-0.39, 0.29) is 5.91 Å². The predicted octanol–water partition coefficient (Wildman–Crippen LogP) is 1.62. The first-order chi connectivity index (χ1) is 12.7. The number of anilines is 4. The van der Waals surface area contributed by atoms with Crippen molar-refractivity contribution >= 4 is 29.4 Å². The molecule has 0 radical (unpaired) electrons. The zero-order chi connectivity index (χ0) is 17.6. The Morgan fingerprint density at radius 1 is 1.12 bits per heavy atom. The highest BCUT2D eigenvalue weighted by molar-refractivity contribution is 6.01. The van der Waals surface area contributed by atoms with Crippen molar-refractivity contribution < 1.29 is 9.53 Å². The molecule has 0 bridgehead atoms. The lowest BCUT2D eigenvalue weighted by Gasteiger charge is -2.23. The Kier molecular flexibility index (Phi) is 3.37. The first-order valence-electron chi connectivity index (χ1n) is 8.80. The summed E-state index contributed by atoms with van der Waals surface area (Å²) >= 11 is 0. The van der Waals surface area contributed by atoms with Gasteiger partial charge in [-0.15, -0.1) is 0 Å². The molecular weight excluding hydrogens is 336 g/mol. The number of nitrogens with one attached hydrogen (secondary N) is 3. The van der Waals surface area contributed by atoms with Gasteiger partial charge in [0.05, 0.1) is 6.20 Å². The molecular formula is C16H18N8O2. The molecule has 5 rings (SSSR count). The molecule has 0 aromatic carbocycles. The van der Waals surface area contributed by atoms with Crippen molar-refractivity contribution in [3.8, 4) is 5.88 Å². The monoisotopic (exact) mass is 354 g/mol. The van der Waals surface area contributed by atoms with Gasteiger partial charge in [-0.05, 0) is 12.8 Å². The summed E-state index contributed by atoms with van der Waals surface area (Å²) in [5.41, 5.74) is -0.731. The Morgan fingerprint density at radius 2 is 1.92 bits per heavy atom. The van der Waals surface area contributed by atoms with E-state index in [1.54, 1.807) is 0 Å². The number of aromatic nitrogens is 5. The minimum absolute atomic E-state index is 0.167. The first-order valence-corrected chi connectivity index (χ1v) is 8.80. The Labute approximate surface area is 149 Å². The van der Waals surface area contributed by atoms with Crippen LogP contribution < -0.4 is 20.7 Å². The van der Waals surface area contributed by atoms with Gasteiger partial charge in [-0.3, -0.25) is 4.79 Å². The normalized spacial score (nSPS) is 20.2. The van der Waals surface area contributed by atoms with Gasteiger partial charge in [0.15, 0.2) is 17.2 Å². The average Bonchev–Trinajstić information content (AvgIpc) is 3.22. The van der Waals surface area contributed by atoms with Crippen molar-refractivity contribution in [3.63, 3.8) is 0 Å². The van der Waals surface area contributed by atoms with Gasteiger partial charge in [-0.25, -0.2) is 19.9 Å². The summed E-state index contributed by atoms with van der Waals surface area (Å²) in [4.78, 5) is 33.3. The molecule has 10 heteroatoms. The summed E-state index contributed by atoms with van der Waals surface area (Å²) < 4.78 is 5.68. The van der Waals surface area contributed by atoms with Crippen LogP contribution in [0.2, 0.25) is 0 Å². The molecule has 0 atom stereocenters. The SMILES string of the molecule is O=C1Nc2nc(Nc3ncnc(NC4CCCC4)n3)cnc2OC12CC2. The second-order valence-corrected chi connectivity index (χ2v) is 6.84. The van der Waals surface area contributed by atoms with Gasteiger partial charge < -0.3 is 20.7 Å². The second kappa shape index (κ2) is 5.75. The molecule has 3 N–H and O–H groups in total. The van der Waals surface area contributed by atoms with Crippen molar-refractivity contribution in [1.82, 2.24) is 24.9 Å².